The van der Waals surface area contributed by atoms with Crippen LogP contribution in [0.15, 0.2) is 34.0 Å². The molecule has 0 aliphatic heterocycles. The third-order valence-corrected chi connectivity index (χ3v) is 2.58. The third kappa shape index (κ3) is 2.65. The number of para-hydroxylation sites is 1. The van der Waals surface area contributed by atoms with Crippen molar-refractivity contribution in [1.29, 1.82) is 0 Å². The molecule has 0 atom stereocenters. The first kappa shape index (κ1) is 12.9. The second-order valence-corrected chi connectivity index (χ2v) is 3.75. The summed E-state index contributed by atoms with van der Waals surface area (Å²) in [6, 6.07) is 5.33. The van der Waals surface area contributed by atoms with Crippen molar-refractivity contribution < 1.29 is 9.47 Å². The first-order valence-corrected chi connectivity index (χ1v) is 5.52. The number of methoxy groups -OCH3 is 2. The van der Waals surface area contributed by atoms with E-state index in [9.17, 15) is 9.59 Å². The maximum Gasteiger partial charge on any atom is 0.345 e. The van der Waals surface area contributed by atoms with Gasteiger partial charge >= 0.3 is 5.69 Å². The molecule has 7 nitrogen and oxygen atoms in total. The highest BCUT2D eigenvalue weighted by Crippen LogP contribution is 2.30. The van der Waals surface area contributed by atoms with Crippen molar-refractivity contribution in [2.45, 2.75) is 6.54 Å². The van der Waals surface area contributed by atoms with Crippen molar-refractivity contribution in [2.75, 3.05) is 14.2 Å². The molecule has 100 valence electrons. The first-order valence-electron chi connectivity index (χ1n) is 5.52. The van der Waals surface area contributed by atoms with Crippen LogP contribution in [0.1, 0.15) is 5.56 Å². The van der Waals surface area contributed by atoms with Gasteiger partial charge in [0.15, 0.2) is 11.5 Å². The fraction of sp³-hybridized carbons (Fsp3) is 0.250. The zero-order valence-electron chi connectivity index (χ0n) is 10.5. The number of rotatable bonds is 4. The Hall–Kier alpha value is -2.57. The maximum absolute atomic E-state index is 11.6. The van der Waals surface area contributed by atoms with Crippen molar-refractivity contribution in [2.24, 2.45) is 0 Å². The van der Waals surface area contributed by atoms with Crippen molar-refractivity contribution in [3.05, 3.63) is 50.8 Å². The van der Waals surface area contributed by atoms with Crippen LogP contribution in [0, 0.1) is 0 Å². The van der Waals surface area contributed by atoms with E-state index in [4.69, 9.17) is 9.47 Å². The zero-order chi connectivity index (χ0) is 13.8. The van der Waals surface area contributed by atoms with Crippen LogP contribution in [0.25, 0.3) is 0 Å². The van der Waals surface area contributed by atoms with Gasteiger partial charge in [-0.3, -0.25) is 9.78 Å². The van der Waals surface area contributed by atoms with Gasteiger partial charge in [-0.25, -0.2) is 9.48 Å². The van der Waals surface area contributed by atoms with Crippen LogP contribution in [0.2, 0.25) is 0 Å². The number of hydrogen-bond acceptors (Lipinski definition) is 5. The summed E-state index contributed by atoms with van der Waals surface area (Å²) in [5.41, 5.74) is -0.375. The summed E-state index contributed by atoms with van der Waals surface area (Å²) in [6.07, 6.45) is 1.05. The van der Waals surface area contributed by atoms with Crippen LogP contribution < -0.4 is 20.7 Å². The largest absolute Gasteiger partial charge is 0.493 e. The predicted molar refractivity (Wildman–Crippen MR) is 67.8 cm³/mol. The molecule has 2 rings (SSSR count). The summed E-state index contributed by atoms with van der Waals surface area (Å²) >= 11 is 0. The van der Waals surface area contributed by atoms with Gasteiger partial charge < -0.3 is 9.47 Å². The number of hydrogen-bond donors (Lipinski definition) is 1. The standard InChI is InChI=1S/C12H13N3O4/c1-18-9-5-3-4-8(11(9)19-2)7-15-12(17)14-10(16)6-13-15/h3-6H,7H2,1-2H3,(H,14,16,17). The molecule has 0 aliphatic rings. The van der Waals surface area contributed by atoms with Gasteiger partial charge in [0.25, 0.3) is 5.56 Å². The quantitative estimate of drug-likeness (QED) is 0.839. The lowest BCUT2D eigenvalue weighted by Crippen LogP contribution is -2.31. The minimum Gasteiger partial charge on any atom is -0.493 e. The third-order valence-electron chi connectivity index (χ3n) is 2.58. The maximum atomic E-state index is 11.6. The van der Waals surface area contributed by atoms with Crippen LogP contribution in [0.3, 0.4) is 0 Å². The normalized spacial score (nSPS) is 10.2. The predicted octanol–water partition coefficient (Wildman–Crippen LogP) is -0.00290. The number of H-pyrrole nitrogens is 1. The number of aromatic nitrogens is 3. The van der Waals surface area contributed by atoms with Crippen molar-refractivity contribution in [3.63, 3.8) is 0 Å². The Kier molecular flexibility index (Phi) is 3.65. The summed E-state index contributed by atoms with van der Waals surface area (Å²) in [4.78, 5) is 24.7. The van der Waals surface area contributed by atoms with E-state index in [1.807, 2.05) is 0 Å². The van der Waals surface area contributed by atoms with Crippen molar-refractivity contribution in [3.8, 4) is 11.5 Å². The first-order chi connectivity index (χ1) is 9.15. The number of benzene rings is 1. The summed E-state index contributed by atoms with van der Waals surface area (Å²) in [5, 5.41) is 3.77. The zero-order valence-corrected chi connectivity index (χ0v) is 10.5. The van der Waals surface area contributed by atoms with Crippen LogP contribution in [-0.2, 0) is 6.54 Å². The van der Waals surface area contributed by atoms with Crippen molar-refractivity contribution >= 4 is 0 Å². The minimum absolute atomic E-state index is 0.177. The number of aromatic amines is 1. The smallest absolute Gasteiger partial charge is 0.345 e. The summed E-state index contributed by atoms with van der Waals surface area (Å²) in [7, 11) is 3.05. The SMILES string of the molecule is COc1cccc(Cn2ncc(=O)[nH]c2=O)c1OC. The second-order valence-electron chi connectivity index (χ2n) is 3.75. The van der Waals surface area contributed by atoms with Gasteiger partial charge in [0.2, 0.25) is 0 Å². The lowest BCUT2D eigenvalue weighted by atomic mass is 10.2. The highest BCUT2D eigenvalue weighted by molar-refractivity contribution is 5.46. The molecule has 0 saturated heterocycles. The fourth-order valence-electron chi connectivity index (χ4n) is 1.73. The lowest BCUT2D eigenvalue weighted by molar-refractivity contribution is 0.350. The van der Waals surface area contributed by atoms with E-state index < -0.39 is 11.2 Å². The molecule has 0 bridgehead atoms. The highest BCUT2D eigenvalue weighted by atomic mass is 16.5. The average Bonchev–Trinajstić information content (AvgIpc) is 2.41. The molecule has 0 fully saturated rings. The monoisotopic (exact) mass is 263 g/mol. The van der Waals surface area contributed by atoms with Gasteiger partial charge in [-0.15, -0.1) is 0 Å². The summed E-state index contributed by atoms with van der Waals surface area (Å²) in [6.45, 7) is 0.177. The van der Waals surface area contributed by atoms with E-state index in [0.717, 1.165) is 16.4 Å². The summed E-state index contributed by atoms with van der Waals surface area (Å²) < 4.78 is 11.6. The fourth-order valence-corrected chi connectivity index (χ4v) is 1.73. The van der Waals surface area contributed by atoms with E-state index in [1.54, 1.807) is 18.2 Å². The van der Waals surface area contributed by atoms with Crippen LogP contribution in [-0.4, -0.2) is 29.0 Å². The average molecular weight is 263 g/mol. The molecular weight excluding hydrogens is 250 g/mol. The molecule has 1 aromatic carbocycles. The molecule has 0 saturated carbocycles. The molecule has 0 aliphatic carbocycles. The van der Waals surface area contributed by atoms with E-state index >= 15 is 0 Å². The topological polar surface area (TPSA) is 86.2 Å². The van der Waals surface area contributed by atoms with E-state index in [1.165, 1.54) is 14.2 Å². The molecule has 0 spiro atoms. The molecular formula is C12H13N3O4. The van der Waals surface area contributed by atoms with Gasteiger partial charge in [-0.05, 0) is 6.07 Å². The minimum atomic E-state index is -0.572. The Morgan fingerprint density at radius 3 is 2.68 bits per heavy atom. The van der Waals surface area contributed by atoms with Crippen LogP contribution in [0.4, 0.5) is 0 Å². The van der Waals surface area contributed by atoms with Gasteiger partial charge in [0.1, 0.15) is 6.20 Å². The molecule has 1 N–H and O–H groups in total. The Bertz CT molecular complexity index is 690. The number of nitrogens with one attached hydrogen (secondary N) is 1. The molecule has 2 aromatic rings. The number of nitrogens with zero attached hydrogens (tertiary/aromatic N) is 2. The molecule has 0 radical (unpaired) electrons. The van der Waals surface area contributed by atoms with Gasteiger partial charge in [0.05, 0.1) is 20.8 Å². The molecule has 7 heteroatoms. The van der Waals surface area contributed by atoms with E-state index in [2.05, 4.69) is 10.1 Å². The van der Waals surface area contributed by atoms with Crippen molar-refractivity contribution in [1.82, 2.24) is 14.8 Å². The van der Waals surface area contributed by atoms with E-state index in [-0.39, 0.29) is 6.54 Å². The summed E-state index contributed by atoms with van der Waals surface area (Å²) in [5.74, 6) is 1.10. The van der Waals surface area contributed by atoms with E-state index in [0.29, 0.717) is 11.5 Å². The second kappa shape index (κ2) is 5.38. The Morgan fingerprint density at radius 1 is 1.26 bits per heavy atom. The number of ether oxygens (including phenoxy) is 2. The van der Waals surface area contributed by atoms with Gasteiger partial charge in [-0.2, -0.15) is 5.10 Å². The molecule has 1 aromatic heterocycles. The van der Waals surface area contributed by atoms with Crippen LogP contribution in [0.5, 0.6) is 11.5 Å². The highest BCUT2D eigenvalue weighted by Gasteiger charge is 2.11. The van der Waals surface area contributed by atoms with Gasteiger partial charge in [-0.1, -0.05) is 12.1 Å². The van der Waals surface area contributed by atoms with Crippen LogP contribution >= 0.6 is 0 Å². The van der Waals surface area contributed by atoms with Gasteiger partial charge in [0, 0.05) is 5.56 Å². The Balaban J connectivity index is 2.43. The molecule has 19 heavy (non-hydrogen) atoms. The Labute approximate surface area is 108 Å². The lowest BCUT2D eigenvalue weighted by Gasteiger charge is -2.12. The molecule has 0 unspecified atom stereocenters. The molecule has 1 heterocycles. The molecule has 0 amide bonds. The Morgan fingerprint density at radius 2 is 2.05 bits per heavy atom.